The summed E-state index contributed by atoms with van der Waals surface area (Å²) in [4.78, 5) is 0. The van der Waals surface area contributed by atoms with Gasteiger partial charge in [0.2, 0.25) is 0 Å². The Morgan fingerprint density at radius 1 is 0.400 bits per heavy atom. The van der Waals surface area contributed by atoms with E-state index in [2.05, 4.69) is 0 Å². The van der Waals surface area contributed by atoms with Crippen LogP contribution in [0.15, 0.2) is 0 Å². The van der Waals surface area contributed by atoms with Gasteiger partial charge in [-0.3, -0.25) is 0 Å². The van der Waals surface area contributed by atoms with E-state index < -0.39 is 0 Å². The second-order valence-electron chi connectivity index (χ2n) is 0. The Morgan fingerprint density at radius 2 is 0.400 bits per heavy atom. The predicted molar refractivity (Wildman–Crippen MR) is 2.06 cm³/mol. The SMILES string of the molecule is [Nb+3].[Nb+3].[O-2].[O-2].[O-2]. The quantitative estimate of drug-likeness (QED) is 0.512. The molecular weight excluding hydrogens is 234 g/mol. The van der Waals surface area contributed by atoms with Crippen LogP contribution in [0.4, 0.5) is 0 Å². The molecule has 0 N–H and O–H groups in total. The summed E-state index contributed by atoms with van der Waals surface area (Å²) in [5.74, 6) is 0. The minimum absolute atomic E-state index is 0. The molecule has 0 spiro atoms. The molecular formula is Nb2O3. The molecule has 28 valence electrons. The Balaban J connectivity index is 0. The van der Waals surface area contributed by atoms with E-state index in [1.807, 2.05) is 0 Å². The number of hydrogen-bond donors (Lipinski definition) is 0. The molecule has 0 heterocycles. The third kappa shape index (κ3) is 32.7. The first-order valence-corrected chi connectivity index (χ1v) is 0. The van der Waals surface area contributed by atoms with Crippen LogP contribution in [0.1, 0.15) is 0 Å². The third-order valence-corrected chi connectivity index (χ3v) is 0. The minimum Gasteiger partial charge on any atom is -2.00 e. The van der Waals surface area contributed by atoms with Crippen LogP contribution in [0.3, 0.4) is 0 Å². The van der Waals surface area contributed by atoms with Crippen LogP contribution >= 0.6 is 0 Å². The van der Waals surface area contributed by atoms with Gasteiger partial charge in [0.15, 0.2) is 0 Å². The van der Waals surface area contributed by atoms with Crippen molar-refractivity contribution in [3.8, 4) is 0 Å². The first kappa shape index (κ1) is 98.7. The van der Waals surface area contributed by atoms with Crippen LogP contribution in [0.5, 0.6) is 0 Å². The van der Waals surface area contributed by atoms with Gasteiger partial charge in [-0.25, -0.2) is 0 Å². The molecule has 5 heavy (non-hydrogen) atoms. The summed E-state index contributed by atoms with van der Waals surface area (Å²) in [6.07, 6.45) is 0. The van der Waals surface area contributed by atoms with Gasteiger partial charge in [-0.1, -0.05) is 0 Å². The second-order valence-corrected chi connectivity index (χ2v) is 0. The van der Waals surface area contributed by atoms with Gasteiger partial charge in [-0.15, -0.1) is 0 Å². The van der Waals surface area contributed by atoms with Crippen LogP contribution < -0.4 is 0 Å². The summed E-state index contributed by atoms with van der Waals surface area (Å²) in [6.45, 7) is 0. The molecule has 0 radical (unpaired) electrons. The normalized spacial score (nSPS) is 0. The van der Waals surface area contributed by atoms with Crippen LogP contribution in [0.25, 0.3) is 0 Å². The van der Waals surface area contributed by atoms with Crippen molar-refractivity contribution in [3.05, 3.63) is 0 Å². The van der Waals surface area contributed by atoms with E-state index in [1.54, 1.807) is 0 Å². The van der Waals surface area contributed by atoms with E-state index in [9.17, 15) is 0 Å². The number of hydrogen-bond acceptors (Lipinski definition) is 0. The molecule has 0 aromatic carbocycles. The van der Waals surface area contributed by atoms with Crippen molar-refractivity contribution in [2.75, 3.05) is 0 Å². The summed E-state index contributed by atoms with van der Waals surface area (Å²) >= 11 is 0. The van der Waals surface area contributed by atoms with Gasteiger partial charge < -0.3 is 16.4 Å². The Bertz CT molecular complexity index is 4.85. The van der Waals surface area contributed by atoms with E-state index in [-0.39, 0.29) is 61.2 Å². The van der Waals surface area contributed by atoms with E-state index in [0.29, 0.717) is 0 Å². The maximum atomic E-state index is 0. The molecule has 0 bridgehead atoms. The molecule has 0 rings (SSSR count). The second kappa shape index (κ2) is 55.1. The molecule has 5 heteroatoms. The van der Waals surface area contributed by atoms with Crippen molar-refractivity contribution in [2.45, 2.75) is 0 Å². The zero-order valence-corrected chi connectivity index (χ0v) is 6.52. The fourth-order valence-corrected chi connectivity index (χ4v) is 0. The molecule has 0 aromatic heterocycles. The molecule has 0 atom stereocenters. The summed E-state index contributed by atoms with van der Waals surface area (Å²) in [5, 5.41) is 0. The van der Waals surface area contributed by atoms with Crippen LogP contribution in [0.2, 0.25) is 0 Å². The summed E-state index contributed by atoms with van der Waals surface area (Å²) in [7, 11) is 0. The Morgan fingerprint density at radius 3 is 0.400 bits per heavy atom. The molecule has 0 unspecified atom stereocenters. The Labute approximate surface area is 61.1 Å². The van der Waals surface area contributed by atoms with Crippen molar-refractivity contribution in [3.63, 3.8) is 0 Å². The van der Waals surface area contributed by atoms with Gasteiger partial charge in [0.1, 0.15) is 0 Å². The van der Waals surface area contributed by atoms with Crippen molar-refractivity contribution in [1.82, 2.24) is 0 Å². The monoisotopic (exact) mass is 234 g/mol. The standard InChI is InChI=1S/2Nb.3O/q2*+3;3*-2. The van der Waals surface area contributed by atoms with Crippen LogP contribution in [0, 0.1) is 0 Å². The molecule has 0 aliphatic rings. The van der Waals surface area contributed by atoms with Crippen molar-refractivity contribution >= 4 is 0 Å². The topological polar surface area (TPSA) is 85.5 Å². The third-order valence-electron chi connectivity index (χ3n) is 0. The first-order valence-electron chi connectivity index (χ1n) is 0. The molecule has 0 saturated heterocycles. The molecule has 3 nitrogen and oxygen atoms in total. The van der Waals surface area contributed by atoms with E-state index >= 15 is 0 Å². The molecule has 0 aromatic rings. The molecule has 0 fully saturated rings. The first-order chi connectivity index (χ1) is 0. The maximum absolute atomic E-state index is 0. The van der Waals surface area contributed by atoms with Gasteiger partial charge in [-0.05, 0) is 0 Å². The fraction of sp³-hybridized carbons (Fsp3) is 0. The number of rotatable bonds is 0. The van der Waals surface area contributed by atoms with E-state index in [1.165, 1.54) is 0 Å². The largest absolute Gasteiger partial charge is 3.00 e. The van der Waals surface area contributed by atoms with Gasteiger partial charge >= 0.3 is 44.8 Å². The molecule has 0 saturated carbocycles. The fourth-order valence-electron chi connectivity index (χ4n) is 0. The predicted octanol–water partition coefficient (Wildman–Crippen LogP) is -0.361. The van der Waals surface area contributed by atoms with Crippen LogP contribution in [-0.2, 0) is 61.2 Å². The Kier molecular flexibility index (Phi) is 1090. The summed E-state index contributed by atoms with van der Waals surface area (Å²) in [6, 6.07) is 0. The van der Waals surface area contributed by atoms with Gasteiger partial charge in [0, 0.05) is 0 Å². The van der Waals surface area contributed by atoms with Crippen molar-refractivity contribution in [2.24, 2.45) is 0 Å². The smallest absolute Gasteiger partial charge is 2.00 e. The van der Waals surface area contributed by atoms with Gasteiger partial charge in [0.25, 0.3) is 0 Å². The average molecular weight is 234 g/mol. The molecule has 0 aliphatic heterocycles. The van der Waals surface area contributed by atoms with Crippen molar-refractivity contribution < 1.29 is 61.2 Å². The van der Waals surface area contributed by atoms with E-state index in [4.69, 9.17) is 0 Å². The zero-order chi connectivity index (χ0) is 0. The van der Waals surface area contributed by atoms with Gasteiger partial charge in [0.05, 0.1) is 0 Å². The summed E-state index contributed by atoms with van der Waals surface area (Å²) < 4.78 is 0. The average Bonchev–Trinajstić information content (AvgIpc) is 0. The maximum Gasteiger partial charge on any atom is 3.00 e. The van der Waals surface area contributed by atoms with E-state index in [0.717, 1.165) is 0 Å². The van der Waals surface area contributed by atoms with Crippen molar-refractivity contribution in [1.29, 1.82) is 0 Å². The Hall–Kier alpha value is 1.36. The summed E-state index contributed by atoms with van der Waals surface area (Å²) in [5.41, 5.74) is 0. The molecule has 0 amide bonds. The molecule has 0 aliphatic carbocycles. The van der Waals surface area contributed by atoms with Crippen LogP contribution in [-0.4, -0.2) is 0 Å². The zero-order valence-electron chi connectivity index (χ0n) is 2.12. The minimum atomic E-state index is 0. The van der Waals surface area contributed by atoms with Gasteiger partial charge in [-0.2, -0.15) is 0 Å².